The second kappa shape index (κ2) is 7.70. The van der Waals surface area contributed by atoms with Gasteiger partial charge in [-0.1, -0.05) is 30.3 Å². The van der Waals surface area contributed by atoms with Crippen LogP contribution in [0.15, 0.2) is 54.6 Å². The van der Waals surface area contributed by atoms with E-state index in [1.165, 1.54) is 38.5 Å². The molecule has 4 aliphatic rings. The third kappa shape index (κ3) is 3.61. The van der Waals surface area contributed by atoms with Crippen molar-refractivity contribution in [2.75, 3.05) is 5.32 Å². The summed E-state index contributed by atoms with van der Waals surface area (Å²) in [6, 6.07) is 17.8. The number of amides is 1. The van der Waals surface area contributed by atoms with Gasteiger partial charge in [0, 0.05) is 17.4 Å². The molecule has 0 aliphatic heterocycles. The second-order valence-corrected chi connectivity index (χ2v) is 10.6. The standard InChI is InChI=1S/C28H30N2O2/c31-17-18-4-6-22(7-5-18)24-9-8-23-25(29-24)2-1-3-26(23)30-27(32)16-28-13-19-10-20(14-28)12-21(11-19)15-28/h1-9,19-21,31H,10-17H2,(H,30,32). The second-order valence-electron chi connectivity index (χ2n) is 10.6. The third-order valence-corrected chi connectivity index (χ3v) is 8.14. The minimum atomic E-state index is 0.0394. The number of aromatic nitrogens is 1. The van der Waals surface area contributed by atoms with Crippen LogP contribution in [-0.2, 0) is 11.4 Å². The Balaban J connectivity index is 1.22. The summed E-state index contributed by atoms with van der Waals surface area (Å²) in [6.45, 7) is 0.0394. The summed E-state index contributed by atoms with van der Waals surface area (Å²) in [5, 5.41) is 13.5. The van der Waals surface area contributed by atoms with Crippen LogP contribution < -0.4 is 5.32 Å². The van der Waals surface area contributed by atoms with Gasteiger partial charge in [-0.2, -0.15) is 0 Å². The summed E-state index contributed by atoms with van der Waals surface area (Å²) in [7, 11) is 0. The number of carbonyl (C=O) groups excluding carboxylic acids is 1. The fourth-order valence-corrected chi connectivity index (χ4v) is 7.25. The number of nitrogens with one attached hydrogen (secondary N) is 1. The molecular formula is C28H30N2O2. The van der Waals surface area contributed by atoms with Crippen molar-refractivity contribution >= 4 is 22.5 Å². The number of pyridine rings is 1. The first kappa shape index (κ1) is 19.9. The van der Waals surface area contributed by atoms with Crippen LogP contribution >= 0.6 is 0 Å². The molecule has 164 valence electrons. The van der Waals surface area contributed by atoms with Crippen LogP contribution in [0, 0.1) is 23.2 Å². The van der Waals surface area contributed by atoms with E-state index in [4.69, 9.17) is 4.98 Å². The molecule has 0 spiro atoms. The number of aliphatic hydroxyl groups is 1. The highest BCUT2D eigenvalue weighted by atomic mass is 16.3. The number of fused-ring (bicyclic) bond motifs is 1. The van der Waals surface area contributed by atoms with Crippen LogP contribution in [0.2, 0.25) is 0 Å². The first-order chi connectivity index (χ1) is 15.6. The molecule has 0 saturated heterocycles. The smallest absolute Gasteiger partial charge is 0.224 e. The molecule has 4 fully saturated rings. The molecule has 4 nitrogen and oxygen atoms in total. The summed E-state index contributed by atoms with van der Waals surface area (Å²) in [5.74, 6) is 2.74. The van der Waals surface area contributed by atoms with E-state index in [1.54, 1.807) is 0 Å². The van der Waals surface area contributed by atoms with Crippen LogP contribution in [-0.4, -0.2) is 16.0 Å². The fraction of sp³-hybridized carbons (Fsp3) is 0.429. The number of benzene rings is 2. The highest BCUT2D eigenvalue weighted by Gasteiger charge is 2.51. The van der Waals surface area contributed by atoms with Gasteiger partial charge < -0.3 is 10.4 Å². The molecule has 1 aromatic heterocycles. The van der Waals surface area contributed by atoms with Crippen molar-refractivity contribution in [2.24, 2.45) is 23.2 Å². The SMILES string of the molecule is O=C(CC12CC3CC(CC(C3)C1)C2)Nc1cccc2nc(-c3ccc(CO)cc3)ccc12. The Hall–Kier alpha value is -2.72. The van der Waals surface area contributed by atoms with Crippen LogP contribution in [0.5, 0.6) is 0 Å². The molecule has 1 amide bonds. The lowest BCUT2D eigenvalue weighted by molar-refractivity contribution is -0.124. The topological polar surface area (TPSA) is 62.2 Å². The Labute approximate surface area is 189 Å². The molecule has 32 heavy (non-hydrogen) atoms. The maximum absolute atomic E-state index is 13.1. The Bertz CT molecular complexity index is 1130. The number of carbonyl (C=O) groups is 1. The minimum Gasteiger partial charge on any atom is -0.392 e. The number of hydrogen-bond acceptors (Lipinski definition) is 3. The van der Waals surface area contributed by atoms with Crippen molar-refractivity contribution in [3.05, 3.63) is 60.2 Å². The Kier molecular flexibility index (Phi) is 4.80. The number of aliphatic hydroxyl groups excluding tert-OH is 1. The monoisotopic (exact) mass is 426 g/mol. The van der Waals surface area contributed by atoms with E-state index < -0.39 is 0 Å². The van der Waals surface area contributed by atoms with Crippen LogP contribution in [0.1, 0.15) is 50.5 Å². The van der Waals surface area contributed by atoms with Crippen LogP contribution in [0.4, 0.5) is 5.69 Å². The van der Waals surface area contributed by atoms with Gasteiger partial charge in [-0.25, -0.2) is 4.98 Å². The highest BCUT2D eigenvalue weighted by molar-refractivity contribution is 6.01. The van der Waals surface area contributed by atoms with E-state index in [-0.39, 0.29) is 17.9 Å². The number of anilines is 1. The average Bonchev–Trinajstić information content (AvgIpc) is 2.77. The molecule has 7 rings (SSSR count). The largest absolute Gasteiger partial charge is 0.392 e. The molecule has 4 saturated carbocycles. The first-order valence-electron chi connectivity index (χ1n) is 12.0. The molecule has 4 bridgehead atoms. The summed E-state index contributed by atoms with van der Waals surface area (Å²) >= 11 is 0. The lowest BCUT2D eigenvalue weighted by Gasteiger charge is -2.56. The molecular weight excluding hydrogens is 396 g/mol. The predicted octanol–water partition coefficient (Wildman–Crippen LogP) is 5.94. The highest BCUT2D eigenvalue weighted by Crippen LogP contribution is 2.61. The zero-order chi connectivity index (χ0) is 21.7. The summed E-state index contributed by atoms with van der Waals surface area (Å²) in [5.41, 5.74) is 4.77. The maximum atomic E-state index is 13.1. The quantitative estimate of drug-likeness (QED) is 0.531. The summed E-state index contributed by atoms with van der Waals surface area (Å²) < 4.78 is 0. The van der Waals surface area contributed by atoms with Crippen molar-refractivity contribution in [1.82, 2.24) is 4.98 Å². The van der Waals surface area contributed by atoms with Gasteiger partial charge in [0.2, 0.25) is 5.91 Å². The molecule has 4 aliphatic carbocycles. The van der Waals surface area contributed by atoms with Gasteiger partial charge in [-0.3, -0.25) is 4.79 Å². The van der Waals surface area contributed by atoms with Crippen molar-refractivity contribution in [1.29, 1.82) is 0 Å². The zero-order valence-electron chi connectivity index (χ0n) is 18.4. The van der Waals surface area contributed by atoms with E-state index in [2.05, 4.69) is 11.4 Å². The fourth-order valence-electron chi connectivity index (χ4n) is 7.25. The summed E-state index contributed by atoms with van der Waals surface area (Å²) in [6.07, 6.45) is 8.63. The van der Waals surface area contributed by atoms with Gasteiger partial charge in [-0.05, 0) is 91.5 Å². The molecule has 2 N–H and O–H groups in total. The van der Waals surface area contributed by atoms with Gasteiger partial charge in [0.05, 0.1) is 23.5 Å². The van der Waals surface area contributed by atoms with Crippen LogP contribution in [0.3, 0.4) is 0 Å². The van der Waals surface area contributed by atoms with Gasteiger partial charge >= 0.3 is 0 Å². The van der Waals surface area contributed by atoms with Crippen molar-refractivity contribution in [2.45, 2.75) is 51.6 Å². The lowest BCUT2D eigenvalue weighted by Crippen LogP contribution is -2.47. The molecule has 0 atom stereocenters. The third-order valence-electron chi connectivity index (χ3n) is 8.14. The van der Waals surface area contributed by atoms with E-state index >= 15 is 0 Å². The molecule has 2 aromatic carbocycles. The van der Waals surface area contributed by atoms with Gasteiger partial charge in [0.1, 0.15) is 0 Å². The molecule has 4 heteroatoms. The van der Waals surface area contributed by atoms with Crippen molar-refractivity contribution in [3.63, 3.8) is 0 Å². The van der Waals surface area contributed by atoms with E-state index in [0.29, 0.717) is 6.42 Å². The Morgan fingerprint density at radius 2 is 1.62 bits per heavy atom. The summed E-state index contributed by atoms with van der Waals surface area (Å²) in [4.78, 5) is 18.0. The Morgan fingerprint density at radius 3 is 2.28 bits per heavy atom. The lowest BCUT2D eigenvalue weighted by atomic mass is 9.49. The van der Waals surface area contributed by atoms with E-state index in [1.807, 2.05) is 48.5 Å². The Morgan fingerprint density at radius 1 is 0.938 bits per heavy atom. The maximum Gasteiger partial charge on any atom is 0.224 e. The van der Waals surface area contributed by atoms with Crippen LogP contribution in [0.25, 0.3) is 22.2 Å². The molecule has 0 radical (unpaired) electrons. The average molecular weight is 427 g/mol. The van der Waals surface area contributed by atoms with E-state index in [9.17, 15) is 9.90 Å². The predicted molar refractivity (Wildman–Crippen MR) is 127 cm³/mol. The minimum absolute atomic E-state index is 0.0394. The number of nitrogens with zero attached hydrogens (tertiary/aromatic N) is 1. The first-order valence-corrected chi connectivity index (χ1v) is 12.0. The normalized spacial score (nSPS) is 28.2. The molecule has 0 unspecified atom stereocenters. The van der Waals surface area contributed by atoms with Gasteiger partial charge in [0.25, 0.3) is 0 Å². The molecule has 1 heterocycles. The number of hydrogen-bond donors (Lipinski definition) is 2. The van der Waals surface area contributed by atoms with Crippen molar-refractivity contribution in [3.8, 4) is 11.3 Å². The number of rotatable bonds is 5. The van der Waals surface area contributed by atoms with Crippen molar-refractivity contribution < 1.29 is 9.90 Å². The van der Waals surface area contributed by atoms with E-state index in [0.717, 1.165) is 51.2 Å². The zero-order valence-corrected chi connectivity index (χ0v) is 18.4. The van der Waals surface area contributed by atoms with Gasteiger partial charge in [0.15, 0.2) is 0 Å². The molecule has 3 aromatic rings. The van der Waals surface area contributed by atoms with Gasteiger partial charge in [-0.15, -0.1) is 0 Å².